The number of nitrogens with zero attached hydrogens (tertiary/aromatic N) is 3. The van der Waals surface area contributed by atoms with E-state index in [0.29, 0.717) is 5.56 Å². The lowest BCUT2D eigenvalue weighted by Crippen LogP contribution is -2.36. The minimum Gasteiger partial charge on any atom is -0.321 e. The number of nitro groups is 1. The van der Waals surface area contributed by atoms with Crippen molar-refractivity contribution in [2.45, 2.75) is 19.4 Å². The lowest BCUT2D eigenvalue weighted by Gasteiger charge is -2.23. The molecule has 2 aromatic carbocycles. The van der Waals surface area contributed by atoms with Crippen molar-refractivity contribution in [2.75, 3.05) is 5.32 Å². The summed E-state index contributed by atoms with van der Waals surface area (Å²) in [6.07, 6.45) is 0.144. The fourth-order valence-corrected chi connectivity index (χ4v) is 2.58. The normalized spacial score (nSPS) is 13.9. The van der Waals surface area contributed by atoms with Crippen molar-refractivity contribution in [1.82, 2.24) is 5.01 Å². The summed E-state index contributed by atoms with van der Waals surface area (Å²) < 4.78 is 26.4. The first-order valence-corrected chi connectivity index (χ1v) is 8.21. The van der Waals surface area contributed by atoms with Crippen molar-refractivity contribution in [3.8, 4) is 0 Å². The van der Waals surface area contributed by atoms with Crippen molar-refractivity contribution in [2.24, 2.45) is 5.10 Å². The minimum absolute atomic E-state index is 0.0304. The molecule has 1 aliphatic rings. The molecule has 3 rings (SSSR count). The molecule has 28 heavy (non-hydrogen) atoms. The number of hydrazone groups is 1. The van der Waals surface area contributed by atoms with Crippen molar-refractivity contribution in [3.63, 3.8) is 0 Å². The highest BCUT2D eigenvalue weighted by Gasteiger charge is 2.25. The zero-order chi connectivity index (χ0) is 20.3. The van der Waals surface area contributed by atoms with Crippen LogP contribution in [0.4, 0.5) is 20.2 Å². The van der Waals surface area contributed by atoms with Gasteiger partial charge in [0.05, 0.1) is 11.5 Å². The zero-order valence-electron chi connectivity index (χ0n) is 14.4. The largest absolute Gasteiger partial charge is 0.321 e. The Morgan fingerprint density at radius 3 is 2.57 bits per heavy atom. The highest BCUT2D eigenvalue weighted by molar-refractivity contribution is 6.43. The molecule has 2 amide bonds. The van der Waals surface area contributed by atoms with Crippen molar-refractivity contribution in [1.29, 1.82) is 0 Å². The molecule has 0 spiro atoms. The molecule has 1 aliphatic heterocycles. The third-order valence-corrected chi connectivity index (χ3v) is 4.01. The Hall–Kier alpha value is -3.69. The van der Waals surface area contributed by atoms with Crippen LogP contribution in [0.2, 0.25) is 0 Å². The Balaban J connectivity index is 1.75. The second-order valence-corrected chi connectivity index (χ2v) is 6.00. The van der Waals surface area contributed by atoms with Crippen LogP contribution < -0.4 is 5.32 Å². The minimum atomic E-state index is -1.02. The Bertz CT molecular complexity index is 976. The van der Waals surface area contributed by atoms with Gasteiger partial charge in [-0.3, -0.25) is 19.7 Å². The molecular formula is C18H14F2N4O4. The summed E-state index contributed by atoms with van der Waals surface area (Å²) in [5, 5.41) is 18.4. The van der Waals surface area contributed by atoms with Crippen LogP contribution in [-0.2, 0) is 16.1 Å². The molecule has 8 nitrogen and oxygen atoms in total. The SMILES string of the molecule is O=C(Nc1ccc(F)c([N+](=O)[O-])c1)C1=NN(Cc2ccc(F)cc2)C(=O)CC1. The van der Waals surface area contributed by atoms with Crippen LogP contribution in [0.5, 0.6) is 0 Å². The molecule has 144 valence electrons. The smallest absolute Gasteiger partial charge is 0.306 e. The lowest BCUT2D eigenvalue weighted by molar-refractivity contribution is -0.387. The molecule has 0 radical (unpaired) electrons. The van der Waals surface area contributed by atoms with E-state index in [1.165, 1.54) is 30.3 Å². The van der Waals surface area contributed by atoms with Gasteiger partial charge in [-0.05, 0) is 29.8 Å². The number of carbonyl (C=O) groups is 2. The van der Waals surface area contributed by atoms with Crippen LogP contribution in [0, 0.1) is 21.7 Å². The van der Waals surface area contributed by atoms with Crippen LogP contribution in [0.1, 0.15) is 18.4 Å². The molecule has 0 aliphatic carbocycles. The average molecular weight is 388 g/mol. The number of carbonyl (C=O) groups excluding carboxylic acids is 2. The average Bonchev–Trinajstić information content (AvgIpc) is 2.66. The Kier molecular flexibility index (Phi) is 5.39. The van der Waals surface area contributed by atoms with Crippen molar-refractivity contribution in [3.05, 3.63) is 69.8 Å². The van der Waals surface area contributed by atoms with E-state index in [1.807, 2.05) is 0 Å². The second-order valence-electron chi connectivity index (χ2n) is 6.00. The number of hydrogen-bond donors (Lipinski definition) is 1. The number of hydrogen-bond acceptors (Lipinski definition) is 5. The third-order valence-electron chi connectivity index (χ3n) is 4.01. The Labute approximate surface area is 157 Å². The third kappa shape index (κ3) is 4.34. The first-order chi connectivity index (χ1) is 13.3. The summed E-state index contributed by atoms with van der Waals surface area (Å²) in [5.74, 6) is -2.38. The van der Waals surface area contributed by atoms with Gasteiger partial charge in [-0.2, -0.15) is 9.49 Å². The first kappa shape index (κ1) is 19.1. The Morgan fingerprint density at radius 2 is 1.89 bits per heavy atom. The number of nitro benzene ring substituents is 1. The first-order valence-electron chi connectivity index (χ1n) is 8.21. The molecule has 2 aromatic rings. The molecule has 0 saturated heterocycles. The van der Waals surface area contributed by atoms with E-state index in [-0.39, 0.29) is 36.7 Å². The monoisotopic (exact) mass is 388 g/mol. The summed E-state index contributed by atoms with van der Waals surface area (Å²) in [6, 6.07) is 8.48. The van der Waals surface area contributed by atoms with Crippen molar-refractivity contribution >= 4 is 28.9 Å². The number of anilines is 1. The second kappa shape index (κ2) is 7.91. The molecule has 0 unspecified atom stereocenters. The molecular weight excluding hydrogens is 374 g/mol. The zero-order valence-corrected chi connectivity index (χ0v) is 14.4. The summed E-state index contributed by atoms with van der Waals surface area (Å²) in [7, 11) is 0. The van der Waals surface area contributed by atoms with Crippen LogP contribution >= 0.6 is 0 Å². The molecule has 1 N–H and O–H groups in total. The van der Waals surface area contributed by atoms with E-state index in [4.69, 9.17) is 0 Å². The van der Waals surface area contributed by atoms with Crippen LogP contribution in [0.15, 0.2) is 47.6 Å². The highest BCUT2D eigenvalue weighted by Crippen LogP contribution is 2.22. The molecule has 1 heterocycles. The lowest BCUT2D eigenvalue weighted by atomic mass is 10.1. The number of benzene rings is 2. The van der Waals surface area contributed by atoms with Gasteiger partial charge in [-0.15, -0.1) is 0 Å². The van der Waals surface area contributed by atoms with Gasteiger partial charge in [0.15, 0.2) is 0 Å². The molecule has 0 atom stereocenters. The maximum atomic E-state index is 13.4. The van der Waals surface area contributed by atoms with E-state index < -0.39 is 28.2 Å². The molecule has 0 aromatic heterocycles. The summed E-state index contributed by atoms with van der Waals surface area (Å²) >= 11 is 0. The van der Waals surface area contributed by atoms with Crippen molar-refractivity contribution < 1.29 is 23.3 Å². The molecule has 0 bridgehead atoms. The number of nitrogens with one attached hydrogen (secondary N) is 1. The maximum absolute atomic E-state index is 13.4. The summed E-state index contributed by atoms with van der Waals surface area (Å²) in [4.78, 5) is 34.3. The maximum Gasteiger partial charge on any atom is 0.306 e. The van der Waals surface area contributed by atoms with Gasteiger partial charge in [0, 0.05) is 24.6 Å². The predicted octanol–water partition coefficient (Wildman–Crippen LogP) is 2.99. The topological polar surface area (TPSA) is 105 Å². The van der Waals surface area contributed by atoms with E-state index in [0.717, 1.165) is 17.1 Å². The molecule has 10 heteroatoms. The fourth-order valence-electron chi connectivity index (χ4n) is 2.58. The van der Waals surface area contributed by atoms with Gasteiger partial charge < -0.3 is 5.32 Å². The van der Waals surface area contributed by atoms with E-state index in [1.54, 1.807) is 0 Å². The molecule has 0 saturated carbocycles. The van der Waals surface area contributed by atoms with Gasteiger partial charge >= 0.3 is 5.69 Å². The van der Waals surface area contributed by atoms with E-state index >= 15 is 0 Å². The van der Waals surface area contributed by atoms with Crippen LogP contribution in [0.25, 0.3) is 0 Å². The quantitative estimate of drug-likeness (QED) is 0.628. The predicted molar refractivity (Wildman–Crippen MR) is 95.3 cm³/mol. The molecule has 0 fully saturated rings. The summed E-state index contributed by atoms with van der Waals surface area (Å²) in [6.45, 7) is 0.0674. The van der Waals surface area contributed by atoms with Gasteiger partial charge in [0.2, 0.25) is 11.7 Å². The van der Waals surface area contributed by atoms with Gasteiger partial charge in [0.1, 0.15) is 11.5 Å². The van der Waals surface area contributed by atoms with Gasteiger partial charge in [0.25, 0.3) is 5.91 Å². The van der Waals surface area contributed by atoms with E-state index in [9.17, 15) is 28.5 Å². The van der Waals surface area contributed by atoms with Gasteiger partial charge in [-0.25, -0.2) is 9.40 Å². The van der Waals surface area contributed by atoms with Crippen LogP contribution in [0.3, 0.4) is 0 Å². The number of rotatable bonds is 5. The number of amides is 2. The Morgan fingerprint density at radius 1 is 1.18 bits per heavy atom. The highest BCUT2D eigenvalue weighted by atomic mass is 19.1. The van der Waals surface area contributed by atoms with E-state index in [2.05, 4.69) is 10.4 Å². The van der Waals surface area contributed by atoms with Gasteiger partial charge in [-0.1, -0.05) is 12.1 Å². The number of halogens is 2. The van der Waals surface area contributed by atoms with Crippen LogP contribution in [-0.4, -0.2) is 27.5 Å². The fraction of sp³-hybridized carbons (Fsp3) is 0.167. The standard InChI is InChI=1S/C18H14F2N4O4/c19-12-3-1-11(2-4-12)10-23-17(25)8-7-15(22-23)18(26)21-13-5-6-14(20)16(9-13)24(27)28/h1-6,9H,7-8,10H2,(H,21,26). The summed E-state index contributed by atoms with van der Waals surface area (Å²) in [5.41, 5.74) is -0.0534.